The highest BCUT2D eigenvalue weighted by molar-refractivity contribution is 7.99. The summed E-state index contributed by atoms with van der Waals surface area (Å²) >= 11 is 1.53. The molecule has 0 aliphatic rings. The monoisotopic (exact) mass is 430 g/mol. The predicted octanol–water partition coefficient (Wildman–Crippen LogP) is 4.70. The van der Waals surface area contributed by atoms with Crippen LogP contribution in [0.1, 0.15) is 43.9 Å². The minimum absolute atomic E-state index is 0.0404. The number of carbonyl (C=O) groups is 2. The predicted molar refractivity (Wildman–Crippen MR) is 122 cm³/mol. The molecule has 0 saturated heterocycles. The maximum absolute atomic E-state index is 13.3. The lowest BCUT2D eigenvalue weighted by Crippen LogP contribution is -2.50. The SMILES string of the molecule is CC[C@@H](C)NC(=O)[C@@H](C)N(Cc1ccc(F)cc1)C(=O)CSCc1ccc(C)cc1. The van der Waals surface area contributed by atoms with E-state index in [0.29, 0.717) is 0 Å². The average molecular weight is 431 g/mol. The van der Waals surface area contributed by atoms with Gasteiger partial charge >= 0.3 is 0 Å². The third kappa shape index (κ3) is 7.48. The second kappa shape index (κ2) is 11.7. The van der Waals surface area contributed by atoms with E-state index in [0.717, 1.165) is 23.3 Å². The van der Waals surface area contributed by atoms with Crippen molar-refractivity contribution in [3.63, 3.8) is 0 Å². The van der Waals surface area contributed by atoms with E-state index in [4.69, 9.17) is 0 Å². The molecular formula is C24H31FN2O2S. The van der Waals surface area contributed by atoms with Gasteiger partial charge in [0.25, 0.3) is 0 Å². The van der Waals surface area contributed by atoms with Gasteiger partial charge in [-0.25, -0.2) is 4.39 Å². The Hall–Kier alpha value is -2.34. The third-order valence-corrected chi connectivity index (χ3v) is 6.04. The molecule has 0 fully saturated rings. The number of nitrogens with zero attached hydrogens (tertiary/aromatic N) is 1. The maximum Gasteiger partial charge on any atom is 0.242 e. The highest BCUT2D eigenvalue weighted by Crippen LogP contribution is 2.17. The zero-order valence-electron chi connectivity index (χ0n) is 18.2. The van der Waals surface area contributed by atoms with E-state index in [2.05, 4.69) is 29.6 Å². The van der Waals surface area contributed by atoms with Crippen molar-refractivity contribution in [2.75, 3.05) is 5.75 Å². The number of benzene rings is 2. The van der Waals surface area contributed by atoms with Crippen LogP contribution >= 0.6 is 11.8 Å². The van der Waals surface area contributed by atoms with E-state index in [1.807, 2.05) is 20.8 Å². The van der Waals surface area contributed by atoms with Crippen molar-refractivity contribution in [1.82, 2.24) is 10.2 Å². The van der Waals surface area contributed by atoms with Gasteiger partial charge < -0.3 is 10.2 Å². The number of carbonyl (C=O) groups excluding carboxylic acids is 2. The first kappa shape index (κ1) is 23.9. The number of thioether (sulfide) groups is 1. The number of nitrogens with one attached hydrogen (secondary N) is 1. The number of hydrogen-bond acceptors (Lipinski definition) is 3. The van der Waals surface area contributed by atoms with Crippen molar-refractivity contribution in [1.29, 1.82) is 0 Å². The molecular weight excluding hydrogens is 399 g/mol. The number of amides is 2. The molecule has 0 aliphatic heterocycles. The normalized spacial score (nSPS) is 12.8. The molecule has 162 valence electrons. The Morgan fingerprint density at radius 3 is 2.23 bits per heavy atom. The van der Waals surface area contributed by atoms with Crippen molar-refractivity contribution in [3.05, 3.63) is 71.0 Å². The molecule has 0 saturated carbocycles. The van der Waals surface area contributed by atoms with Gasteiger partial charge in [0.05, 0.1) is 5.75 Å². The molecule has 0 aliphatic carbocycles. The van der Waals surface area contributed by atoms with E-state index in [-0.39, 0.29) is 36.0 Å². The van der Waals surface area contributed by atoms with Crippen LogP contribution in [0.25, 0.3) is 0 Å². The van der Waals surface area contributed by atoms with E-state index in [1.165, 1.54) is 29.5 Å². The van der Waals surface area contributed by atoms with Crippen LogP contribution < -0.4 is 5.32 Å². The second-order valence-electron chi connectivity index (χ2n) is 7.62. The molecule has 0 bridgehead atoms. The Kier molecular flexibility index (Phi) is 9.37. The Balaban J connectivity index is 2.06. The number of hydrogen-bond donors (Lipinski definition) is 1. The minimum Gasteiger partial charge on any atom is -0.352 e. The largest absolute Gasteiger partial charge is 0.352 e. The standard InChI is InChI=1S/C24H31FN2O2S/c1-5-18(3)26-24(29)19(4)27(14-20-10-12-22(25)13-11-20)23(28)16-30-15-21-8-6-17(2)7-9-21/h6-13,18-19H,5,14-16H2,1-4H3,(H,26,29)/t18-,19-/m1/s1. The highest BCUT2D eigenvalue weighted by Gasteiger charge is 2.26. The fourth-order valence-corrected chi connectivity index (χ4v) is 3.73. The first-order valence-electron chi connectivity index (χ1n) is 10.3. The average Bonchev–Trinajstić information content (AvgIpc) is 2.74. The van der Waals surface area contributed by atoms with Gasteiger partial charge in [-0.05, 0) is 50.5 Å². The van der Waals surface area contributed by atoms with Crippen molar-refractivity contribution in [2.45, 2.75) is 58.5 Å². The van der Waals surface area contributed by atoms with Crippen molar-refractivity contribution < 1.29 is 14.0 Å². The third-order valence-electron chi connectivity index (χ3n) is 5.05. The molecule has 0 spiro atoms. The van der Waals surface area contributed by atoms with Crippen LogP contribution in [0.4, 0.5) is 4.39 Å². The molecule has 0 unspecified atom stereocenters. The molecule has 2 amide bonds. The summed E-state index contributed by atoms with van der Waals surface area (Å²) in [6.45, 7) is 7.98. The van der Waals surface area contributed by atoms with Crippen molar-refractivity contribution >= 4 is 23.6 Å². The molecule has 2 rings (SSSR count). The Morgan fingerprint density at radius 2 is 1.63 bits per heavy atom. The number of aryl methyl sites for hydroxylation is 1. The molecule has 2 aromatic rings. The summed E-state index contributed by atoms with van der Waals surface area (Å²) in [5.41, 5.74) is 3.15. The van der Waals surface area contributed by atoms with Crippen LogP contribution in [0, 0.1) is 12.7 Å². The Bertz CT molecular complexity index is 824. The number of rotatable bonds is 10. The van der Waals surface area contributed by atoms with Gasteiger partial charge in [-0.1, -0.05) is 48.9 Å². The summed E-state index contributed by atoms with van der Waals surface area (Å²) in [6.07, 6.45) is 0.816. The minimum atomic E-state index is -0.614. The van der Waals surface area contributed by atoms with E-state index in [1.54, 1.807) is 24.0 Å². The van der Waals surface area contributed by atoms with Crippen LogP contribution in [0.2, 0.25) is 0 Å². The van der Waals surface area contributed by atoms with Gasteiger partial charge in [0, 0.05) is 18.3 Å². The first-order valence-corrected chi connectivity index (χ1v) is 11.4. The summed E-state index contributed by atoms with van der Waals surface area (Å²) in [7, 11) is 0. The summed E-state index contributed by atoms with van der Waals surface area (Å²) in [4.78, 5) is 27.2. The molecule has 4 nitrogen and oxygen atoms in total. The molecule has 1 N–H and O–H groups in total. The fraction of sp³-hybridized carbons (Fsp3) is 0.417. The maximum atomic E-state index is 13.3. The summed E-state index contributed by atoms with van der Waals surface area (Å²) in [6, 6.07) is 13.7. The summed E-state index contributed by atoms with van der Waals surface area (Å²) < 4.78 is 13.3. The molecule has 30 heavy (non-hydrogen) atoms. The lowest BCUT2D eigenvalue weighted by Gasteiger charge is -2.29. The Morgan fingerprint density at radius 1 is 1.03 bits per heavy atom. The van der Waals surface area contributed by atoms with Gasteiger partial charge in [-0.15, -0.1) is 11.8 Å². The van der Waals surface area contributed by atoms with Crippen molar-refractivity contribution in [2.24, 2.45) is 0 Å². The Labute approximate surface area is 183 Å². The van der Waals surface area contributed by atoms with E-state index < -0.39 is 6.04 Å². The van der Waals surface area contributed by atoms with Crippen LogP contribution in [-0.4, -0.2) is 34.6 Å². The van der Waals surface area contributed by atoms with Crippen molar-refractivity contribution in [3.8, 4) is 0 Å². The van der Waals surface area contributed by atoms with Gasteiger partial charge in [0.1, 0.15) is 11.9 Å². The van der Waals surface area contributed by atoms with Gasteiger partial charge in [0.2, 0.25) is 11.8 Å². The molecule has 0 aromatic heterocycles. The molecule has 0 heterocycles. The molecule has 6 heteroatoms. The summed E-state index contributed by atoms with van der Waals surface area (Å²) in [5, 5.41) is 2.95. The lowest BCUT2D eigenvalue weighted by molar-refractivity contribution is -0.138. The second-order valence-corrected chi connectivity index (χ2v) is 8.61. The first-order chi connectivity index (χ1) is 14.3. The molecule has 2 atom stereocenters. The van der Waals surface area contributed by atoms with E-state index >= 15 is 0 Å². The lowest BCUT2D eigenvalue weighted by atomic mass is 10.1. The van der Waals surface area contributed by atoms with Crippen LogP contribution in [0.3, 0.4) is 0 Å². The van der Waals surface area contributed by atoms with Gasteiger partial charge in [-0.3, -0.25) is 9.59 Å². The van der Waals surface area contributed by atoms with Crippen LogP contribution in [0.15, 0.2) is 48.5 Å². The topological polar surface area (TPSA) is 49.4 Å². The van der Waals surface area contributed by atoms with Gasteiger partial charge in [0.15, 0.2) is 0 Å². The zero-order valence-corrected chi connectivity index (χ0v) is 19.0. The smallest absolute Gasteiger partial charge is 0.242 e. The molecule has 2 aromatic carbocycles. The number of halogens is 1. The molecule has 0 radical (unpaired) electrons. The fourth-order valence-electron chi connectivity index (χ4n) is 2.86. The highest BCUT2D eigenvalue weighted by atomic mass is 32.2. The summed E-state index contributed by atoms with van der Waals surface area (Å²) in [5.74, 6) is 0.388. The van der Waals surface area contributed by atoms with E-state index in [9.17, 15) is 14.0 Å². The zero-order chi connectivity index (χ0) is 22.1. The quantitative estimate of drug-likeness (QED) is 0.594. The van der Waals surface area contributed by atoms with Crippen LogP contribution in [-0.2, 0) is 21.9 Å². The van der Waals surface area contributed by atoms with Gasteiger partial charge in [-0.2, -0.15) is 0 Å². The van der Waals surface area contributed by atoms with Crippen LogP contribution in [0.5, 0.6) is 0 Å².